The monoisotopic (exact) mass is 791 g/mol. The Balaban J connectivity index is 1.70. The Kier molecular flexibility index (Phi) is 9.94. The van der Waals surface area contributed by atoms with Gasteiger partial charge in [-0.3, -0.25) is 0 Å². The third-order valence-electron chi connectivity index (χ3n) is 4.81. The molecule has 39 heavy (non-hydrogen) atoms. The highest BCUT2D eigenvalue weighted by atomic mass is 127. The molecule has 15 heteroatoms. The van der Waals surface area contributed by atoms with Gasteiger partial charge in [-0.15, -0.1) is 0 Å². The summed E-state index contributed by atoms with van der Waals surface area (Å²) < 4.78 is 105. The summed E-state index contributed by atoms with van der Waals surface area (Å²) in [5.74, 6) is -13.5. The molecule has 0 saturated carbocycles. The van der Waals surface area contributed by atoms with Crippen molar-refractivity contribution < 1.29 is 54.3 Å². The fourth-order valence-electron chi connectivity index (χ4n) is 2.98. The third-order valence-corrected chi connectivity index (χ3v) is 7.27. The van der Waals surface area contributed by atoms with Gasteiger partial charge in [0.15, 0.2) is 11.6 Å². The average molecular weight is 791 g/mol. The zero-order chi connectivity index (χ0) is 29.1. The molecule has 0 aliphatic rings. The number of hydrogen-bond donors (Lipinski definition) is 0. The second-order valence-corrected chi connectivity index (χ2v) is 11.0. The molecule has 3 aromatic carbocycles. The minimum Gasteiger partial charge on any atom is -0.744 e. The third kappa shape index (κ3) is 7.06. The SMILES string of the molecule is C=Cc1ccc(C(=O)OCCOc2c(I)cc(C(=O)Oc3c(F)c(F)c(S(=O)(=O)[O-])c(F)c3F)cc2I)cc1. The van der Waals surface area contributed by atoms with Crippen molar-refractivity contribution in [1.29, 1.82) is 0 Å². The van der Waals surface area contributed by atoms with E-state index in [1.54, 1.807) is 75.5 Å². The van der Waals surface area contributed by atoms with Crippen LogP contribution in [-0.2, 0) is 14.9 Å². The molecule has 0 radical (unpaired) electrons. The zero-order valence-corrected chi connectivity index (χ0v) is 24.2. The molecule has 0 aliphatic carbocycles. The standard InChI is InChI=1S/C24H14F4I2O8S/c1-2-11-3-5-12(6-4-11)23(31)37-8-7-36-20-14(29)9-13(10-15(20)30)24(32)38-21-16(25)18(27)22(39(33,34)35)19(28)17(21)26/h2-6,9-10H,1,7-8H2,(H,33,34,35)/p-1. The zero-order valence-electron chi connectivity index (χ0n) is 19.1. The molecule has 3 rings (SSSR count). The van der Waals surface area contributed by atoms with Gasteiger partial charge in [-0.1, -0.05) is 24.8 Å². The van der Waals surface area contributed by atoms with E-state index in [2.05, 4.69) is 11.3 Å². The minimum absolute atomic E-state index is 0.0732. The first-order valence-electron chi connectivity index (χ1n) is 10.3. The van der Waals surface area contributed by atoms with Gasteiger partial charge in [0.25, 0.3) is 0 Å². The molecule has 3 aromatic rings. The van der Waals surface area contributed by atoms with Crippen LogP contribution in [0.4, 0.5) is 17.6 Å². The van der Waals surface area contributed by atoms with Gasteiger partial charge in [0.2, 0.25) is 17.4 Å². The van der Waals surface area contributed by atoms with Gasteiger partial charge in [0.05, 0.1) is 18.3 Å². The number of carbonyl (C=O) groups is 2. The first kappa shape index (κ1) is 30.8. The van der Waals surface area contributed by atoms with Crippen molar-refractivity contribution in [3.63, 3.8) is 0 Å². The van der Waals surface area contributed by atoms with Crippen LogP contribution in [0.3, 0.4) is 0 Å². The van der Waals surface area contributed by atoms with Gasteiger partial charge >= 0.3 is 11.9 Å². The van der Waals surface area contributed by atoms with Gasteiger partial charge in [0.1, 0.15) is 34.0 Å². The lowest BCUT2D eigenvalue weighted by Crippen LogP contribution is -2.17. The Hall–Kier alpha value is -2.77. The van der Waals surface area contributed by atoms with E-state index < -0.39 is 56.0 Å². The van der Waals surface area contributed by atoms with Crippen molar-refractivity contribution >= 4 is 73.3 Å². The van der Waals surface area contributed by atoms with Gasteiger partial charge in [0, 0.05) is 0 Å². The van der Waals surface area contributed by atoms with Gasteiger partial charge in [-0.05, 0) is 75.0 Å². The predicted molar refractivity (Wildman–Crippen MR) is 143 cm³/mol. The topological polar surface area (TPSA) is 119 Å². The van der Waals surface area contributed by atoms with Crippen LogP contribution in [0.5, 0.6) is 11.5 Å². The van der Waals surface area contributed by atoms with Crippen molar-refractivity contribution in [2.45, 2.75) is 4.90 Å². The summed E-state index contributed by atoms with van der Waals surface area (Å²) in [4.78, 5) is 22.2. The summed E-state index contributed by atoms with van der Waals surface area (Å²) in [6, 6.07) is 8.88. The summed E-state index contributed by atoms with van der Waals surface area (Å²) in [5.41, 5.74) is 0.837. The van der Waals surface area contributed by atoms with Crippen LogP contribution in [0.15, 0.2) is 47.9 Å². The fraction of sp³-hybridized carbons (Fsp3) is 0.0833. The molecule has 0 aliphatic heterocycles. The number of benzene rings is 3. The second-order valence-electron chi connectivity index (χ2n) is 7.34. The molecular weight excluding hydrogens is 778 g/mol. The molecule has 0 heterocycles. The molecule has 0 bridgehead atoms. The largest absolute Gasteiger partial charge is 0.744 e. The number of esters is 2. The first-order valence-corrected chi connectivity index (χ1v) is 13.9. The molecular formula is C24H13F4I2O8S-. The molecule has 0 atom stereocenters. The molecule has 0 saturated heterocycles. The van der Waals surface area contributed by atoms with Crippen molar-refractivity contribution in [1.82, 2.24) is 0 Å². The van der Waals surface area contributed by atoms with Gasteiger partial charge < -0.3 is 18.8 Å². The maximum absolute atomic E-state index is 14.2. The molecule has 0 amide bonds. The van der Waals surface area contributed by atoms with Crippen molar-refractivity contribution in [2.75, 3.05) is 13.2 Å². The lowest BCUT2D eigenvalue weighted by molar-refractivity contribution is 0.0449. The number of ether oxygens (including phenoxy) is 3. The fourth-order valence-corrected chi connectivity index (χ4v) is 5.68. The Morgan fingerprint density at radius 3 is 1.87 bits per heavy atom. The van der Waals surface area contributed by atoms with E-state index in [4.69, 9.17) is 9.47 Å². The van der Waals surface area contributed by atoms with Crippen molar-refractivity contribution in [3.05, 3.63) is 90.1 Å². The van der Waals surface area contributed by atoms with Gasteiger partial charge in [-0.25, -0.2) is 26.8 Å². The Morgan fingerprint density at radius 2 is 1.38 bits per heavy atom. The molecule has 0 N–H and O–H groups in total. The predicted octanol–water partition coefficient (Wildman–Crippen LogP) is 5.45. The highest BCUT2D eigenvalue weighted by Gasteiger charge is 2.31. The summed E-state index contributed by atoms with van der Waals surface area (Å²) in [6.07, 6.45) is 1.62. The van der Waals surface area contributed by atoms with E-state index in [0.29, 0.717) is 12.7 Å². The summed E-state index contributed by atoms with van der Waals surface area (Å²) in [6.45, 7) is 3.43. The molecule has 0 spiro atoms. The highest BCUT2D eigenvalue weighted by Crippen LogP contribution is 2.34. The van der Waals surface area contributed by atoms with Crippen LogP contribution in [-0.4, -0.2) is 38.1 Å². The first-order chi connectivity index (χ1) is 18.3. The molecule has 0 fully saturated rings. The van der Waals surface area contributed by atoms with E-state index in [1.807, 2.05) is 0 Å². The Bertz CT molecular complexity index is 1530. The molecule has 206 valence electrons. The summed E-state index contributed by atoms with van der Waals surface area (Å²) in [5, 5.41) is 0. The summed E-state index contributed by atoms with van der Waals surface area (Å²) >= 11 is 3.54. The van der Waals surface area contributed by atoms with Crippen molar-refractivity contribution in [3.8, 4) is 11.5 Å². The number of rotatable bonds is 9. The van der Waals surface area contributed by atoms with Crippen LogP contribution >= 0.6 is 45.2 Å². The van der Waals surface area contributed by atoms with Crippen LogP contribution < -0.4 is 9.47 Å². The maximum Gasteiger partial charge on any atom is 0.343 e. The Morgan fingerprint density at radius 1 is 0.846 bits per heavy atom. The number of carbonyl (C=O) groups excluding carboxylic acids is 2. The van der Waals surface area contributed by atoms with Gasteiger partial charge in [-0.2, -0.15) is 8.78 Å². The quantitative estimate of drug-likeness (QED) is 0.0534. The molecule has 0 unspecified atom stereocenters. The number of hydrogen-bond acceptors (Lipinski definition) is 8. The average Bonchev–Trinajstić information content (AvgIpc) is 2.88. The minimum atomic E-state index is -5.92. The van der Waals surface area contributed by atoms with Crippen molar-refractivity contribution in [2.24, 2.45) is 0 Å². The lowest BCUT2D eigenvalue weighted by atomic mass is 10.1. The van der Waals surface area contributed by atoms with Crippen LogP contribution in [0.1, 0.15) is 26.3 Å². The smallest absolute Gasteiger partial charge is 0.343 e. The molecule has 0 aromatic heterocycles. The van der Waals surface area contributed by atoms with E-state index in [0.717, 1.165) is 5.56 Å². The van der Waals surface area contributed by atoms with E-state index in [1.165, 1.54) is 12.1 Å². The summed E-state index contributed by atoms with van der Waals surface area (Å²) in [7, 11) is -5.92. The van der Waals surface area contributed by atoms with E-state index in [-0.39, 0.29) is 24.5 Å². The normalized spacial score (nSPS) is 11.2. The Labute approximate surface area is 246 Å². The lowest BCUT2D eigenvalue weighted by Gasteiger charge is -2.15. The highest BCUT2D eigenvalue weighted by molar-refractivity contribution is 14.1. The van der Waals surface area contributed by atoms with Crippen LogP contribution in [0, 0.1) is 30.4 Å². The number of halogens is 6. The van der Waals surface area contributed by atoms with Crippen LogP contribution in [0.2, 0.25) is 0 Å². The second kappa shape index (κ2) is 12.6. The maximum atomic E-state index is 14.2. The van der Waals surface area contributed by atoms with E-state index in [9.17, 15) is 40.1 Å². The molecule has 8 nitrogen and oxygen atoms in total. The van der Waals surface area contributed by atoms with Crippen LogP contribution in [0.25, 0.3) is 6.08 Å². The van der Waals surface area contributed by atoms with E-state index >= 15 is 0 Å².